The molecule has 1 aliphatic heterocycles. The van der Waals surface area contributed by atoms with Gasteiger partial charge >= 0.3 is 0 Å². The monoisotopic (exact) mass is 261 g/mol. The normalized spacial score (nSPS) is 16.5. The van der Waals surface area contributed by atoms with Crippen LogP contribution in [0.3, 0.4) is 0 Å². The predicted molar refractivity (Wildman–Crippen MR) is 81.8 cm³/mol. The van der Waals surface area contributed by atoms with Crippen LogP contribution in [0.5, 0.6) is 0 Å². The Labute approximate surface area is 117 Å². The van der Waals surface area contributed by atoms with Gasteiger partial charge in [-0.05, 0) is 44.9 Å². The fourth-order valence-electron chi connectivity index (χ4n) is 2.86. The van der Waals surface area contributed by atoms with Gasteiger partial charge in [0.2, 0.25) is 0 Å². The van der Waals surface area contributed by atoms with Crippen LogP contribution in [0.1, 0.15) is 49.4 Å². The van der Waals surface area contributed by atoms with Gasteiger partial charge in [-0.1, -0.05) is 19.8 Å². The van der Waals surface area contributed by atoms with E-state index in [9.17, 15) is 0 Å². The van der Waals surface area contributed by atoms with Crippen molar-refractivity contribution in [3.63, 3.8) is 0 Å². The van der Waals surface area contributed by atoms with Gasteiger partial charge in [0.15, 0.2) is 0 Å². The van der Waals surface area contributed by atoms with Gasteiger partial charge in [0, 0.05) is 30.9 Å². The summed E-state index contributed by atoms with van der Waals surface area (Å²) >= 11 is 0. The Morgan fingerprint density at radius 1 is 1.16 bits per heavy atom. The number of hydrogen-bond donors (Lipinski definition) is 1. The first-order chi connectivity index (χ1) is 9.22. The lowest BCUT2D eigenvalue weighted by atomic mass is 10.1. The molecule has 0 aliphatic carbocycles. The van der Waals surface area contributed by atoms with Crippen molar-refractivity contribution in [2.75, 3.05) is 24.5 Å². The van der Waals surface area contributed by atoms with Crippen molar-refractivity contribution in [3.05, 3.63) is 22.9 Å². The minimum Gasteiger partial charge on any atom is -0.356 e. The molecule has 0 amide bonds. The molecule has 0 aromatic carbocycles. The first-order valence-corrected chi connectivity index (χ1v) is 7.65. The van der Waals surface area contributed by atoms with Crippen molar-refractivity contribution in [2.45, 2.75) is 53.0 Å². The number of hydrogen-bond acceptors (Lipinski definition) is 3. The molecule has 2 rings (SSSR count). The molecule has 0 saturated carbocycles. The van der Waals surface area contributed by atoms with Crippen molar-refractivity contribution < 1.29 is 0 Å². The number of rotatable bonds is 4. The molecule has 3 heteroatoms. The summed E-state index contributed by atoms with van der Waals surface area (Å²) < 4.78 is 0. The predicted octanol–water partition coefficient (Wildman–Crippen LogP) is 3.19. The summed E-state index contributed by atoms with van der Waals surface area (Å²) in [5, 5.41) is 3.45. The molecule has 106 valence electrons. The Bertz CT molecular complexity index is 407. The van der Waals surface area contributed by atoms with Crippen LogP contribution in [0.15, 0.2) is 6.07 Å². The molecule has 1 N–H and O–H groups in total. The van der Waals surface area contributed by atoms with Crippen LogP contribution in [-0.4, -0.2) is 24.6 Å². The maximum absolute atomic E-state index is 4.84. The Balaban J connectivity index is 2.29. The summed E-state index contributed by atoms with van der Waals surface area (Å²) in [7, 11) is 0. The van der Waals surface area contributed by atoms with E-state index in [0.717, 1.165) is 31.9 Å². The number of aromatic nitrogens is 1. The zero-order valence-electron chi connectivity index (χ0n) is 12.6. The summed E-state index contributed by atoms with van der Waals surface area (Å²) in [5.74, 6) is 1.22. The van der Waals surface area contributed by atoms with Gasteiger partial charge in [0.1, 0.15) is 5.82 Å². The van der Waals surface area contributed by atoms with Gasteiger partial charge in [0.25, 0.3) is 0 Å². The molecule has 1 aromatic heterocycles. The van der Waals surface area contributed by atoms with Crippen LogP contribution < -0.4 is 10.2 Å². The van der Waals surface area contributed by atoms with Crippen LogP contribution in [0, 0.1) is 13.8 Å². The van der Waals surface area contributed by atoms with E-state index < -0.39 is 0 Å². The summed E-state index contributed by atoms with van der Waals surface area (Å²) in [6, 6.07) is 2.20. The second-order valence-electron chi connectivity index (χ2n) is 5.56. The second-order valence-corrected chi connectivity index (χ2v) is 5.56. The number of nitrogens with zero attached hydrogens (tertiary/aromatic N) is 2. The number of nitrogens with one attached hydrogen (secondary N) is 1. The highest BCUT2D eigenvalue weighted by Crippen LogP contribution is 2.25. The molecule has 0 unspecified atom stereocenters. The molecule has 1 saturated heterocycles. The quantitative estimate of drug-likeness (QED) is 0.902. The molecule has 0 atom stereocenters. The van der Waals surface area contributed by atoms with Crippen molar-refractivity contribution in [1.29, 1.82) is 0 Å². The zero-order valence-corrected chi connectivity index (χ0v) is 12.6. The van der Waals surface area contributed by atoms with E-state index in [0.29, 0.717) is 0 Å². The second kappa shape index (κ2) is 6.90. The molecule has 0 radical (unpaired) electrons. The van der Waals surface area contributed by atoms with Crippen LogP contribution in [0.4, 0.5) is 5.82 Å². The van der Waals surface area contributed by atoms with Crippen molar-refractivity contribution in [3.8, 4) is 0 Å². The van der Waals surface area contributed by atoms with E-state index in [1.165, 1.54) is 42.6 Å². The van der Waals surface area contributed by atoms with Gasteiger partial charge in [-0.15, -0.1) is 0 Å². The maximum atomic E-state index is 4.84. The van der Waals surface area contributed by atoms with Gasteiger partial charge in [-0.2, -0.15) is 0 Å². The van der Waals surface area contributed by atoms with Gasteiger partial charge in [-0.25, -0.2) is 4.98 Å². The zero-order chi connectivity index (χ0) is 13.7. The van der Waals surface area contributed by atoms with Gasteiger partial charge < -0.3 is 10.2 Å². The van der Waals surface area contributed by atoms with E-state index >= 15 is 0 Å². The third-order valence-corrected chi connectivity index (χ3v) is 3.91. The molecule has 2 heterocycles. The molecule has 1 aromatic rings. The highest BCUT2D eigenvalue weighted by molar-refractivity contribution is 5.51. The van der Waals surface area contributed by atoms with Crippen molar-refractivity contribution >= 4 is 5.82 Å². The first kappa shape index (κ1) is 14.3. The third-order valence-electron chi connectivity index (χ3n) is 3.91. The number of pyridine rings is 1. The van der Waals surface area contributed by atoms with Crippen LogP contribution in [-0.2, 0) is 6.54 Å². The largest absolute Gasteiger partial charge is 0.356 e. The van der Waals surface area contributed by atoms with Crippen LogP contribution in [0.2, 0.25) is 0 Å². The van der Waals surface area contributed by atoms with Crippen LogP contribution in [0.25, 0.3) is 0 Å². The Morgan fingerprint density at radius 3 is 2.47 bits per heavy atom. The average molecular weight is 261 g/mol. The Kier molecular flexibility index (Phi) is 5.20. The minimum atomic E-state index is 0.932. The molecule has 1 fully saturated rings. The average Bonchev–Trinajstić information content (AvgIpc) is 2.65. The van der Waals surface area contributed by atoms with E-state index in [1.54, 1.807) is 0 Å². The Morgan fingerprint density at radius 2 is 1.84 bits per heavy atom. The fraction of sp³-hybridized carbons (Fsp3) is 0.688. The van der Waals surface area contributed by atoms with E-state index in [2.05, 4.69) is 37.1 Å². The standard InChI is InChI=1S/C16H27N3/c1-4-17-12-15-13(2)11-14(3)18-16(15)19-9-7-5-6-8-10-19/h11,17H,4-10,12H2,1-3H3. The third kappa shape index (κ3) is 3.69. The smallest absolute Gasteiger partial charge is 0.133 e. The lowest BCUT2D eigenvalue weighted by molar-refractivity contribution is 0.705. The molecule has 0 bridgehead atoms. The van der Waals surface area contributed by atoms with Crippen molar-refractivity contribution in [2.24, 2.45) is 0 Å². The lowest BCUT2D eigenvalue weighted by Gasteiger charge is -2.26. The van der Waals surface area contributed by atoms with Gasteiger partial charge in [-0.3, -0.25) is 0 Å². The molecular weight excluding hydrogens is 234 g/mol. The summed E-state index contributed by atoms with van der Waals surface area (Å²) in [6.45, 7) is 10.7. The summed E-state index contributed by atoms with van der Waals surface area (Å²) in [5.41, 5.74) is 3.89. The first-order valence-electron chi connectivity index (χ1n) is 7.65. The molecule has 1 aliphatic rings. The number of anilines is 1. The van der Waals surface area contributed by atoms with Crippen LogP contribution >= 0.6 is 0 Å². The van der Waals surface area contributed by atoms with Gasteiger partial charge in [0.05, 0.1) is 0 Å². The minimum absolute atomic E-state index is 0.932. The molecule has 3 nitrogen and oxygen atoms in total. The number of aryl methyl sites for hydroxylation is 2. The summed E-state index contributed by atoms with van der Waals surface area (Å²) in [6.07, 6.45) is 5.33. The molecular formula is C16H27N3. The molecule has 0 spiro atoms. The van der Waals surface area contributed by atoms with E-state index in [4.69, 9.17) is 4.98 Å². The SMILES string of the molecule is CCNCc1c(C)cc(C)nc1N1CCCCCC1. The highest BCUT2D eigenvalue weighted by Gasteiger charge is 2.16. The topological polar surface area (TPSA) is 28.2 Å². The molecule has 19 heavy (non-hydrogen) atoms. The lowest BCUT2D eigenvalue weighted by Crippen LogP contribution is -2.28. The van der Waals surface area contributed by atoms with E-state index in [-0.39, 0.29) is 0 Å². The fourth-order valence-corrected chi connectivity index (χ4v) is 2.86. The Hall–Kier alpha value is -1.09. The maximum Gasteiger partial charge on any atom is 0.133 e. The highest BCUT2D eigenvalue weighted by atomic mass is 15.2. The summed E-state index contributed by atoms with van der Waals surface area (Å²) in [4.78, 5) is 7.34. The van der Waals surface area contributed by atoms with E-state index in [1.807, 2.05) is 0 Å². The van der Waals surface area contributed by atoms with Crippen molar-refractivity contribution in [1.82, 2.24) is 10.3 Å².